The maximum Gasteiger partial charge on any atom is 0.490 e. The molecule has 2 fully saturated rings. The maximum atomic E-state index is 12.9. The van der Waals surface area contributed by atoms with Crippen LogP contribution in [-0.4, -0.2) is 101 Å². The van der Waals surface area contributed by atoms with Gasteiger partial charge >= 0.3 is 18.1 Å². The van der Waals surface area contributed by atoms with Gasteiger partial charge in [-0.2, -0.15) is 13.2 Å². The normalized spacial score (nSPS) is 21.3. The van der Waals surface area contributed by atoms with Gasteiger partial charge in [0.2, 0.25) is 5.13 Å². The van der Waals surface area contributed by atoms with E-state index in [1.54, 1.807) is 0 Å². The summed E-state index contributed by atoms with van der Waals surface area (Å²) in [6.45, 7) is 0.390. The Hall–Kier alpha value is -4.57. The highest BCUT2D eigenvalue weighted by atomic mass is 32.2. The lowest BCUT2D eigenvalue weighted by Crippen LogP contribution is -2.71. The van der Waals surface area contributed by atoms with Gasteiger partial charge in [0.05, 0.1) is 0 Å². The van der Waals surface area contributed by atoms with Crippen LogP contribution in [-0.2, 0) is 24.0 Å². The van der Waals surface area contributed by atoms with Gasteiger partial charge in [0, 0.05) is 23.3 Å². The van der Waals surface area contributed by atoms with Crippen molar-refractivity contribution < 1.29 is 52.6 Å². The fraction of sp³-hybridized carbons (Fsp3) is 0.286. The van der Waals surface area contributed by atoms with E-state index in [0.29, 0.717) is 29.2 Å². The van der Waals surface area contributed by atoms with Crippen molar-refractivity contribution in [3.05, 3.63) is 39.5 Å². The number of aliphatic carboxylic acids is 2. The van der Waals surface area contributed by atoms with E-state index in [4.69, 9.17) is 15.6 Å². The largest absolute Gasteiger partial charge is 0.490 e. The number of alkyl halides is 3. The van der Waals surface area contributed by atoms with Gasteiger partial charge in [0.1, 0.15) is 28.3 Å². The lowest BCUT2D eigenvalue weighted by molar-refractivity contribution is -0.192. The molecule has 0 radical (unpaired) electrons. The summed E-state index contributed by atoms with van der Waals surface area (Å²) in [6, 6.07) is -1.04. The van der Waals surface area contributed by atoms with Crippen LogP contribution >= 0.6 is 34.4 Å². The molecule has 22 heteroatoms. The van der Waals surface area contributed by atoms with Crippen LogP contribution < -0.4 is 16.0 Å². The van der Waals surface area contributed by atoms with E-state index in [1.165, 1.54) is 45.0 Å². The number of thioether (sulfide) groups is 1. The van der Waals surface area contributed by atoms with Crippen molar-refractivity contribution >= 4 is 80.1 Å². The minimum atomic E-state index is -5.08. The number of hydrogen-bond acceptors (Lipinski definition) is 14. The Kier molecular flexibility index (Phi) is 9.01. The first-order chi connectivity index (χ1) is 20.2. The number of nitrogens with one attached hydrogen (secondary N) is 1. The zero-order valence-electron chi connectivity index (χ0n) is 21.0. The Morgan fingerprint density at radius 3 is 2.44 bits per heavy atom. The molecule has 0 bridgehead atoms. The van der Waals surface area contributed by atoms with Crippen LogP contribution in [0.5, 0.6) is 0 Å². The van der Waals surface area contributed by atoms with Gasteiger partial charge in [0.25, 0.3) is 17.7 Å². The van der Waals surface area contributed by atoms with E-state index in [2.05, 4.69) is 25.7 Å². The smallest absolute Gasteiger partial charge is 0.477 e. The number of carboxylic acids is 2. The van der Waals surface area contributed by atoms with Crippen molar-refractivity contribution in [2.75, 3.05) is 22.9 Å². The topological polar surface area (TPSA) is 242 Å². The van der Waals surface area contributed by atoms with Gasteiger partial charge in [-0.3, -0.25) is 24.2 Å². The third-order valence-corrected chi connectivity index (χ3v) is 8.55. The number of nitrogens with zero attached hydrogens (tertiary/aromatic N) is 6. The summed E-state index contributed by atoms with van der Waals surface area (Å²) in [4.78, 5) is 65.8. The highest BCUT2D eigenvalue weighted by Gasteiger charge is 2.54. The van der Waals surface area contributed by atoms with E-state index < -0.39 is 47.1 Å². The van der Waals surface area contributed by atoms with E-state index in [0.717, 1.165) is 16.2 Å². The second-order valence-corrected chi connectivity index (χ2v) is 11.3. The number of nitrogens with two attached hydrogens (primary N) is 1. The molecule has 0 spiro atoms. The Balaban J connectivity index is 0.000000541. The Bertz CT molecular complexity index is 1570. The standard InChI is InChI=1S/C19H16N8O6S3.C2HF3O2/c20-18-22-9(5-35-18)10(25-33)13(28)23-11-15(30)27-12(17(31)32)8(4-34-16(11)27)3-7-1-2-26(14(7)29)19-24-21-6-36-19;3-2(4,5)1(6)7/h3,5-6,11,16,33H,1-2,4H2,(H2,20,22)(H,23,28)(H,31,32);(H,6,7)/b7-3+,25-10-;/t11-,16-;/m1./s1. The van der Waals surface area contributed by atoms with Crippen LogP contribution in [0.4, 0.5) is 23.4 Å². The fourth-order valence-electron chi connectivity index (χ4n) is 4.00. The lowest BCUT2D eigenvalue weighted by Gasteiger charge is -2.49. The summed E-state index contributed by atoms with van der Waals surface area (Å²) in [5.74, 6) is -5.68. The van der Waals surface area contributed by atoms with Crippen molar-refractivity contribution in [3.8, 4) is 0 Å². The molecule has 0 unspecified atom stereocenters. The number of oxime groups is 1. The molecule has 3 aliphatic rings. The average molecular weight is 663 g/mol. The van der Waals surface area contributed by atoms with Crippen molar-refractivity contribution in [2.24, 2.45) is 5.16 Å². The van der Waals surface area contributed by atoms with Gasteiger partial charge in [-0.1, -0.05) is 16.5 Å². The molecule has 2 atom stereocenters. The van der Waals surface area contributed by atoms with Gasteiger partial charge in [0.15, 0.2) is 10.8 Å². The molecule has 3 aliphatic heterocycles. The summed E-state index contributed by atoms with van der Waals surface area (Å²) in [7, 11) is 0. The Morgan fingerprint density at radius 2 is 1.91 bits per heavy atom. The number of carboxylic acid groups (broad SMARTS) is 2. The molecular weight excluding hydrogens is 645 g/mol. The minimum absolute atomic E-state index is 0.0428. The number of amides is 3. The van der Waals surface area contributed by atoms with E-state index in [9.17, 15) is 42.7 Å². The quantitative estimate of drug-likeness (QED) is 0.0931. The number of halogens is 3. The van der Waals surface area contributed by atoms with Gasteiger partial charge in [-0.05, 0) is 18.1 Å². The second-order valence-electron chi connectivity index (χ2n) is 8.46. The molecular formula is C21H17F3N8O8S3. The molecule has 0 aromatic carbocycles. The molecule has 2 aromatic heterocycles. The first kappa shape index (κ1) is 31.4. The number of hydrogen-bond donors (Lipinski definition) is 5. The van der Waals surface area contributed by atoms with Crippen LogP contribution in [0, 0.1) is 0 Å². The third-order valence-electron chi connectivity index (χ3n) is 5.86. The minimum Gasteiger partial charge on any atom is -0.477 e. The van der Waals surface area contributed by atoms with Crippen LogP contribution in [0.15, 0.2) is 39.0 Å². The predicted molar refractivity (Wildman–Crippen MR) is 143 cm³/mol. The second kappa shape index (κ2) is 12.3. The lowest BCUT2D eigenvalue weighted by atomic mass is 10.0. The first-order valence-electron chi connectivity index (χ1n) is 11.5. The summed E-state index contributed by atoms with van der Waals surface area (Å²) in [5.41, 5.74) is 7.17. The van der Waals surface area contributed by atoms with Crippen molar-refractivity contribution in [3.63, 3.8) is 0 Å². The van der Waals surface area contributed by atoms with Gasteiger partial charge in [-0.15, -0.1) is 33.3 Å². The molecule has 0 aliphatic carbocycles. The molecule has 5 heterocycles. The number of carbonyl (C=O) groups is 5. The van der Waals surface area contributed by atoms with Crippen molar-refractivity contribution in [2.45, 2.75) is 24.0 Å². The zero-order valence-corrected chi connectivity index (χ0v) is 23.5. The summed E-state index contributed by atoms with van der Waals surface area (Å²) >= 11 is 3.51. The number of nitrogen functional groups attached to an aromatic ring is 1. The van der Waals surface area contributed by atoms with Crippen LogP contribution in [0.25, 0.3) is 0 Å². The zero-order chi connectivity index (χ0) is 31.6. The average Bonchev–Trinajstić information content (AvgIpc) is 3.70. The summed E-state index contributed by atoms with van der Waals surface area (Å²) in [5, 5.41) is 40.7. The number of thiazole rings is 1. The van der Waals surface area contributed by atoms with Gasteiger partial charge < -0.3 is 26.5 Å². The predicted octanol–water partition coefficient (Wildman–Crippen LogP) is 0.490. The highest BCUT2D eigenvalue weighted by Crippen LogP contribution is 2.41. The van der Waals surface area contributed by atoms with E-state index in [1.807, 2.05) is 0 Å². The fourth-order valence-corrected chi connectivity index (χ4v) is 6.44. The van der Waals surface area contributed by atoms with E-state index in [-0.39, 0.29) is 28.2 Å². The number of fused-ring (bicyclic) bond motifs is 1. The molecule has 16 nitrogen and oxygen atoms in total. The van der Waals surface area contributed by atoms with Crippen LogP contribution in [0.1, 0.15) is 12.1 Å². The SMILES string of the molecule is Nc1nc(/C(=N/O)C(=O)N[C@@H]2C(=O)N3C(C(=O)O)=C(/C=C4\CCN(c5nncs5)C4=O)CS[C@H]23)cs1.O=C(O)C(F)(F)F. The first-order valence-corrected chi connectivity index (χ1v) is 14.3. The number of aromatic nitrogens is 3. The third kappa shape index (κ3) is 6.44. The maximum absolute atomic E-state index is 12.9. The molecule has 0 saturated carbocycles. The van der Waals surface area contributed by atoms with Crippen molar-refractivity contribution in [1.29, 1.82) is 0 Å². The molecule has 5 rings (SSSR count). The number of anilines is 2. The van der Waals surface area contributed by atoms with Crippen LogP contribution in [0.3, 0.4) is 0 Å². The Labute approximate surface area is 249 Å². The molecule has 2 saturated heterocycles. The molecule has 43 heavy (non-hydrogen) atoms. The number of allylic oxidation sites excluding steroid dienone is 1. The summed E-state index contributed by atoms with van der Waals surface area (Å²) < 4.78 is 31.7. The highest BCUT2D eigenvalue weighted by molar-refractivity contribution is 8.00. The molecule has 2 aromatic rings. The van der Waals surface area contributed by atoms with Crippen LogP contribution in [0.2, 0.25) is 0 Å². The monoisotopic (exact) mass is 662 g/mol. The molecule has 6 N–H and O–H groups in total. The Morgan fingerprint density at radius 1 is 1.21 bits per heavy atom. The number of carbonyl (C=O) groups excluding carboxylic acids is 3. The number of rotatable bonds is 6. The number of β-lactam (4-membered cyclic amide) rings is 1. The van der Waals surface area contributed by atoms with Crippen molar-refractivity contribution in [1.82, 2.24) is 25.4 Å². The van der Waals surface area contributed by atoms with E-state index >= 15 is 0 Å². The molecule has 228 valence electrons. The summed E-state index contributed by atoms with van der Waals surface area (Å²) in [6.07, 6.45) is -3.18. The van der Waals surface area contributed by atoms with Gasteiger partial charge in [-0.25, -0.2) is 14.6 Å². The molecule has 3 amide bonds.